The van der Waals surface area contributed by atoms with Crippen molar-refractivity contribution in [2.24, 2.45) is 23.5 Å². The number of carbonyl (C=O) groups excluding carboxylic acids is 9. The van der Waals surface area contributed by atoms with Crippen LogP contribution in [0, 0.1) is 29.6 Å². The smallest absolute Gasteiger partial charge is 0.270 e. The molecule has 434 valence electrons. The van der Waals surface area contributed by atoms with Crippen LogP contribution >= 0.6 is 0 Å². The summed E-state index contributed by atoms with van der Waals surface area (Å²) in [5, 5.41) is 8.56. The molecule has 1 aliphatic carbocycles. The fraction of sp³-hybridized carbons (Fsp3) is 0.590. The monoisotopic (exact) mass is 1120 g/mol. The number of hydrogen-bond donors (Lipinski definition) is 5. The molecule has 2 aromatic carbocycles. The Morgan fingerprint density at radius 2 is 1.68 bits per heavy atom. The summed E-state index contributed by atoms with van der Waals surface area (Å²) in [5.41, 5.74) is 8.04. The summed E-state index contributed by atoms with van der Waals surface area (Å²) in [6, 6.07) is 6.76. The number of Topliss-reactive ketones (excluding diaryl/α,β-unsaturated/α-hetero) is 1. The number of amides is 8. The third-order valence-corrected chi connectivity index (χ3v) is 18.1. The Kier molecular flexibility index (Phi) is 18.4. The van der Waals surface area contributed by atoms with Crippen LogP contribution in [0.25, 0.3) is 10.9 Å². The lowest BCUT2D eigenvalue weighted by atomic mass is 9.76. The molecule has 6 aliphatic rings. The maximum atomic E-state index is 14.7. The van der Waals surface area contributed by atoms with E-state index in [1.165, 1.54) is 29.2 Å². The number of benzene rings is 2. The van der Waals surface area contributed by atoms with Gasteiger partial charge in [0.2, 0.25) is 35.4 Å². The quantitative estimate of drug-likeness (QED) is 0.0567. The lowest BCUT2D eigenvalue weighted by Crippen LogP contribution is -2.59. The first-order valence-corrected chi connectivity index (χ1v) is 29.2. The summed E-state index contributed by atoms with van der Waals surface area (Å²) in [5.74, 6) is -0.545. The molecule has 1 saturated carbocycles. The largest absolute Gasteiger partial charge is 0.370 e. The van der Waals surface area contributed by atoms with Gasteiger partial charge < -0.3 is 41.0 Å². The lowest BCUT2D eigenvalue weighted by molar-refractivity contribution is -0.144. The van der Waals surface area contributed by atoms with Gasteiger partial charge in [0.05, 0.1) is 6.04 Å². The average molecular weight is 1120 g/mol. The SMILES string of the molecule is CN(C)[C@@H]1CC[C@H](NC(=O)c2cc3cc(C(C)(F)F)ccc3[nH]2)C(=O)N2[C@H](CC[C@H]2C(=O)N[C@@H](CCC(N)=O)C(=O)C[C@H](C(=O)N2CCC(CCCC#Cc3cccc4c3CN(C3CCC(=O)NC3=O)C4=O)CC2)C2CCCCC2)C1. The number of nitrogens with zero attached hydrogens (tertiary/aromatic N) is 4. The van der Waals surface area contributed by atoms with Crippen LogP contribution in [0.15, 0.2) is 42.5 Å². The summed E-state index contributed by atoms with van der Waals surface area (Å²) in [6.07, 6.45) is 10.8. The van der Waals surface area contributed by atoms with Crippen molar-refractivity contribution in [3.8, 4) is 11.8 Å². The van der Waals surface area contributed by atoms with Gasteiger partial charge in [0.25, 0.3) is 17.7 Å². The number of piperidine rings is 2. The van der Waals surface area contributed by atoms with Crippen LogP contribution in [0.5, 0.6) is 0 Å². The van der Waals surface area contributed by atoms with E-state index in [9.17, 15) is 51.9 Å². The molecule has 0 radical (unpaired) electrons. The molecule has 0 spiro atoms. The predicted molar refractivity (Wildman–Crippen MR) is 297 cm³/mol. The van der Waals surface area contributed by atoms with E-state index in [0.717, 1.165) is 75.8 Å². The number of H-pyrrole nitrogens is 1. The van der Waals surface area contributed by atoms with Crippen molar-refractivity contribution in [1.82, 2.24) is 40.5 Å². The maximum Gasteiger partial charge on any atom is 0.270 e. The van der Waals surface area contributed by atoms with E-state index < -0.39 is 65.5 Å². The maximum absolute atomic E-state index is 14.7. The fourth-order valence-electron chi connectivity index (χ4n) is 13.4. The molecule has 6 N–H and O–H groups in total. The predicted octanol–water partition coefficient (Wildman–Crippen LogP) is 5.98. The van der Waals surface area contributed by atoms with Gasteiger partial charge in [-0.15, -0.1) is 0 Å². The van der Waals surface area contributed by atoms with Gasteiger partial charge in [-0.05, 0) is 145 Å². The number of hydrogen-bond acceptors (Lipinski definition) is 10. The molecule has 4 saturated heterocycles. The van der Waals surface area contributed by atoms with E-state index >= 15 is 0 Å². The van der Waals surface area contributed by atoms with Crippen molar-refractivity contribution in [1.29, 1.82) is 0 Å². The fourth-order valence-corrected chi connectivity index (χ4v) is 13.4. The molecule has 81 heavy (non-hydrogen) atoms. The van der Waals surface area contributed by atoms with Crippen LogP contribution in [0.4, 0.5) is 8.78 Å². The molecule has 18 nitrogen and oxygen atoms in total. The summed E-state index contributed by atoms with van der Waals surface area (Å²) in [4.78, 5) is 132. The number of aromatic nitrogens is 1. The molecule has 3 aromatic rings. The number of imide groups is 1. The van der Waals surface area contributed by atoms with E-state index in [2.05, 4.69) is 37.7 Å². The van der Waals surface area contributed by atoms with E-state index in [-0.39, 0.29) is 97.8 Å². The lowest BCUT2D eigenvalue weighted by Gasteiger charge is -2.39. The van der Waals surface area contributed by atoms with Crippen molar-refractivity contribution < 1.29 is 51.9 Å². The molecule has 1 aromatic heterocycles. The molecular weight excluding hydrogens is 1040 g/mol. The Morgan fingerprint density at radius 1 is 0.914 bits per heavy atom. The minimum Gasteiger partial charge on any atom is -0.370 e. The molecule has 5 fully saturated rings. The number of primary amides is 1. The Hall–Kier alpha value is -7.01. The van der Waals surface area contributed by atoms with E-state index in [1.807, 2.05) is 25.1 Å². The van der Waals surface area contributed by atoms with Crippen LogP contribution in [0.2, 0.25) is 0 Å². The molecule has 0 bridgehead atoms. The van der Waals surface area contributed by atoms with Gasteiger partial charge in [-0.2, -0.15) is 0 Å². The summed E-state index contributed by atoms with van der Waals surface area (Å²) in [6.45, 7) is 2.15. The molecular formula is C61H77F2N9O9. The van der Waals surface area contributed by atoms with Gasteiger partial charge >= 0.3 is 0 Å². The highest BCUT2D eigenvalue weighted by Crippen LogP contribution is 2.37. The highest BCUT2D eigenvalue weighted by atomic mass is 19.3. The van der Waals surface area contributed by atoms with Crippen molar-refractivity contribution in [3.63, 3.8) is 0 Å². The van der Waals surface area contributed by atoms with E-state index in [0.29, 0.717) is 67.6 Å². The Bertz CT molecular complexity index is 2980. The van der Waals surface area contributed by atoms with Crippen molar-refractivity contribution in [2.45, 2.75) is 184 Å². The van der Waals surface area contributed by atoms with Gasteiger partial charge in [-0.3, -0.25) is 48.5 Å². The third-order valence-electron chi connectivity index (χ3n) is 18.1. The third kappa shape index (κ3) is 13.7. The van der Waals surface area contributed by atoms with Crippen molar-refractivity contribution in [3.05, 3.63) is 70.4 Å². The van der Waals surface area contributed by atoms with Crippen LogP contribution in [0.3, 0.4) is 0 Å². The van der Waals surface area contributed by atoms with Gasteiger partial charge in [0.1, 0.15) is 23.8 Å². The van der Waals surface area contributed by atoms with E-state index in [1.54, 1.807) is 17.0 Å². The van der Waals surface area contributed by atoms with Crippen molar-refractivity contribution in [2.75, 3.05) is 27.2 Å². The number of ketones is 1. The van der Waals surface area contributed by atoms with Crippen LogP contribution in [-0.2, 0) is 46.0 Å². The molecule has 5 aliphatic heterocycles. The summed E-state index contributed by atoms with van der Waals surface area (Å²) in [7, 11) is 3.89. The molecule has 8 amide bonds. The molecule has 1 unspecified atom stereocenters. The number of carbonyl (C=O) groups is 9. The zero-order chi connectivity index (χ0) is 57.7. The summed E-state index contributed by atoms with van der Waals surface area (Å²) < 4.78 is 28.3. The van der Waals surface area contributed by atoms with Gasteiger partial charge in [-0.25, -0.2) is 8.78 Å². The normalized spacial score (nSPS) is 23.7. The number of nitrogens with two attached hydrogens (primary N) is 1. The Labute approximate surface area is 471 Å². The van der Waals surface area contributed by atoms with Crippen LogP contribution < -0.4 is 21.7 Å². The van der Waals surface area contributed by atoms with Crippen LogP contribution in [0.1, 0.15) is 173 Å². The zero-order valence-electron chi connectivity index (χ0n) is 46.8. The summed E-state index contributed by atoms with van der Waals surface area (Å²) >= 11 is 0. The molecule has 9 rings (SSSR count). The number of aromatic amines is 1. The molecule has 6 heterocycles. The minimum absolute atomic E-state index is 0.00609. The first-order chi connectivity index (χ1) is 38.7. The van der Waals surface area contributed by atoms with E-state index in [4.69, 9.17) is 5.73 Å². The number of likely N-dealkylation sites (tertiary alicyclic amines) is 1. The minimum atomic E-state index is -3.09. The number of nitrogens with one attached hydrogen (secondary N) is 4. The first-order valence-electron chi connectivity index (χ1n) is 29.2. The average Bonchev–Trinajstić information content (AvgIpc) is 4.34. The molecule has 7 atom stereocenters. The first kappa shape index (κ1) is 58.6. The second-order valence-corrected chi connectivity index (χ2v) is 23.8. The number of rotatable bonds is 18. The Morgan fingerprint density at radius 3 is 2.40 bits per heavy atom. The van der Waals surface area contributed by atoms with Crippen LogP contribution in [-0.4, -0.2) is 141 Å². The number of alkyl halides is 2. The van der Waals surface area contributed by atoms with Crippen molar-refractivity contribution >= 4 is 63.9 Å². The highest BCUT2D eigenvalue weighted by Gasteiger charge is 2.47. The number of fused-ring (bicyclic) bond motifs is 3. The van der Waals surface area contributed by atoms with Gasteiger partial charge in [0, 0.05) is 97.8 Å². The second-order valence-electron chi connectivity index (χ2n) is 23.8. The number of halogens is 2. The van der Waals surface area contributed by atoms with Gasteiger partial charge in [0.15, 0.2) is 5.78 Å². The second kappa shape index (κ2) is 25.4. The zero-order valence-corrected chi connectivity index (χ0v) is 46.8. The highest BCUT2D eigenvalue weighted by molar-refractivity contribution is 6.06. The molecule has 20 heteroatoms. The van der Waals surface area contributed by atoms with Gasteiger partial charge in [-0.1, -0.05) is 43.2 Å². The number of unbranched alkanes of at least 4 members (excludes halogenated alkanes) is 1. The topological polar surface area (TPSA) is 244 Å². The Balaban J connectivity index is 0.820. The standard InChI is InChI=1S/C61H77F2N9O9/c1-61(62,63)40-17-20-46-39(31-40)32-49(65-46)55(76)67-48-21-18-41(69(2)3)33-42-19-23-51(72(42)60(48)81)57(78)66-47(22-25-53(64)74)52(73)34-44(37-12-8-5-9-13-37)58(79)70-29-27-36(28-30-70)11-6-4-7-14-38-15-10-16-43-45(38)35-71(59(43)80)50-24-26-54(75)68-56(50)77/h10,15-17,20,31-32,36-37,41-42,44,47-48,50-51,65H,4-6,8-9,11-13,18-19,21-30,33-35H2,1-3H3,(H2,64,74)(H,66,78)(H,67,76)(H,68,75,77)/t41-,42-,44+,47+,48+,50?,51+/m1/s1.